The molecule has 19 heavy (non-hydrogen) atoms. The molecule has 0 amide bonds. The van der Waals surface area contributed by atoms with E-state index in [9.17, 15) is 0 Å². The molecule has 1 atom stereocenters. The van der Waals surface area contributed by atoms with Gasteiger partial charge in [0.05, 0.1) is 10.7 Å². The van der Waals surface area contributed by atoms with Gasteiger partial charge in [0.25, 0.3) is 0 Å². The fourth-order valence-electron chi connectivity index (χ4n) is 1.95. The average molecular weight is 293 g/mol. The van der Waals surface area contributed by atoms with Crippen molar-refractivity contribution < 1.29 is 4.42 Å². The van der Waals surface area contributed by atoms with Crippen molar-refractivity contribution in [1.29, 1.82) is 0 Å². The Labute approximate surface area is 119 Å². The van der Waals surface area contributed by atoms with Crippen molar-refractivity contribution in [3.63, 3.8) is 0 Å². The molecule has 0 saturated heterocycles. The van der Waals surface area contributed by atoms with Gasteiger partial charge in [-0.1, -0.05) is 29.3 Å². The Balaban J connectivity index is 2.09. The first-order valence-electron chi connectivity index (χ1n) is 5.70. The highest BCUT2D eigenvalue weighted by Crippen LogP contribution is 2.33. The van der Waals surface area contributed by atoms with Crippen LogP contribution >= 0.6 is 23.2 Å². The first kappa shape index (κ1) is 12.5. The predicted octanol–water partition coefficient (Wildman–Crippen LogP) is 4.18. The number of nitrogens with zero attached hydrogens (tertiary/aromatic N) is 1. The Morgan fingerprint density at radius 3 is 2.74 bits per heavy atom. The molecule has 0 saturated carbocycles. The van der Waals surface area contributed by atoms with Gasteiger partial charge in [-0.05, 0) is 30.3 Å². The van der Waals surface area contributed by atoms with Crippen LogP contribution in [-0.4, -0.2) is 4.98 Å². The largest absolute Gasteiger partial charge is 0.457 e. The second-order valence-corrected chi connectivity index (χ2v) is 5.03. The minimum Gasteiger partial charge on any atom is -0.457 e. The number of fused-ring (bicyclic) bond motifs is 1. The monoisotopic (exact) mass is 292 g/mol. The van der Waals surface area contributed by atoms with Crippen molar-refractivity contribution in [2.45, 2.75) is 6.04 Å². The van der Waals surface area contributed by atoms with E-state index >= 15 is 0 Å². The van der Waals surface area contributed by atoms with Gasteiger partial charge >= 0.3 is 0 Å². The summed E-state index contributed by atoms with van der Waals surface area (Å²) >= 11 is 12.1. The van der Waals surface area contributed by atoms with Crippen LogP contribution in [0.4, 0.5) is 0 Å². The minimum absolute atomic E-state index is 0.427. The SMILES string of the molecule is NC(c1ccccn1)c1cc2cc(Cl)cc(Cl)c2o1. The number of pyridine rings is 1. The summed E-state index contributed by atoms with van der Waals surface area (Å²) in [6, 6.07) is 10.4. The fourth-order valence-corrected chi connectivity index (χ4v) is 2.50. The maximum absolute atomic E-state index is 6.14. The Morgan fingerprint density at radius 1 is 1.16 bits per heavy atom. The standard InChI is InChI=1S/C14H10Cl2N2O/c15-9-5-8-6-12(19-14(8)10(16)7-9)13(17)11-3-1-2-4-18-11/h1-7,13H,17H2. The van der Waals surface area contributed by atoms with Gasteiger partial charge in [0.15, 0.2) is 5.58 Å². The lowest BCUT2D eigenvalue weighted by atomic mass is 10.1. The fraction of sp³-hybridized carbons (Fsp3) is 0.0714. The highest BCUT2D eigenvalue weighted by Gasteiger charge is 2.16. The van der Waals surface area contributed by atoms with Gasteiger partial charge < -0.3 is 10.2 Å². The highest BCUT2D eigenvalue weighted by atomic mass is 35.5. The van der Waals surface area contributed by atoms with Crippen LogP contribution < -0.4 is 5.73 Å². The van der Waals surface area contributed by atoms with Crippen molar-refractivity contribution >= 4 is 34.2 Å². The molecule has 5 heteroatoms. The second-order valence-electron chi connectivity index (χ2n) is 4.19. The number of hydrogen-bond donors (Lipinski definition) is 1. The first-order valence-corrected chi connectivity index (χ1v) is 6.46. The highest BCUT2D eigenvalue weighted by molar-refractivity contribution is 6.38. The molecule has 3 nitrogen and oxygen atoms in total. The summed E-state index contributed by atoms with van der Waals surface area (Å²) < 4.78 is 5.71. The number of hydrogen-bond acceptors (Lipinski definition) is 3. The van der Waals surface area contributed by atoms with Crippen LogP contribution in [0.25, 0.3) is 11.0 Å². The van der Waals surface area contributed by atoms with Crippen LogP contribution in [0.5, 0.6) is 0 Å². The molecule has 1 aromatic carbocycles. The van der Waals surface area contributed by atoms with E-state index in [0.29, 0.717) is 21.4 Å². The molecule has 3 aromatic rings. The minimum atomic E-state index is -0.427. The van der Waals surface area contributed by atoms with Crippen molar-refractivity contribution in [3.8, 4) is 0 Å². The third-order valence-electron chi connectivity index (χ3n) is 2.87. The van der Waals surface area contributed by atoms with E-state index in [1.54, 1.807) is 18.3 Å². The number of halogens is 2. The zero-order valence-corrected chi connectivity index (χ0v) is 11.3. The summed E-state index contributed by atoms with van der Waals surface area (Å²) in [6.45, 7) is 0. The van der Waals surface area contributed by atoms with Crippen LogP contribution in [0.15, 0.2) is 47.0 Å². The van der Waals surface area contributed by atoms with Crippen LogP contribution in [0.2, 0.25) is 10.0 Å². The third kappa shape index (κ3) is 2.32. The zero-order valence-electron chi connectivity index (χ0n) is 9.81. The van der Waals surface area contributed by atoms with Gasteiger partial charge in [0, 0.05) is 16.6 Å². The summed E-state index contributed by atoms with van der Waals surface area (Å²) in [7, 11) is 0. The normalized spacial score (nSPS) is 12.8. The van der Waals surface area contributed by atoms with Gasteiger partial charge in [-0.25, -0.2) is 0 Å². The summed E-state index contributed by atoms with van der Waals surface area (Å²) in [4.78, 5) is 4.22. The van der Waals surface area contributed by atoms with Crippen LogP contribution in [-0.2, 0) is 0 Å². The quantitative estimate of drug-likeness (QED) is 0.771. The molecule has 2 N–H and O–H groups in total. The molecule has 0 aliphatic carbocycles. The lowest BCUT2D eigenvalue weighted by molar-refractivity contribution is 0.521. The molecule has 0 fully saturated rings. The van der Waals surface area contributed by atoms with Crippen molar-refractivity contribution in [2.24, 2.45) is 5.73 Å². The smallest absolute Gasteiger partial charge is 0.153 e. The molecular formula is C14H10Cl2N2O. The maximum Gasteiger partial charge on any atom is 0.153 e. The number of benzene rings is 1. The van der Waals surface area contributed by atoms with Gasteiger partial charge in [0.1, 0.15) is 11.8 Å². The van der Waals surface area contributed by atoms with Crippen LogP contribution in [0.3, 0.4) is 0 Å². The van der Waals surface area contributed by atoms with Gasteiger partial charge in [-0.15, -0.1) is 0 Å². The second kappa shape index (κ2) is 4.85. The Bertz CT molecular complexity index is 725. The molecule has 0 radical (unpaired) electrons. The van der Waals surface area contributed by atoms with Gasteiger partial charge in [0.2, 0.25) is 0 Å². The third-order valence-corrected chi connectivity index (χ3v) is 3.37. The topological polar surface area (TPSA) is 52.0 Å². The van der Waals surface area contributed by atoms with Gasteiger partial charge in [-0.3, -0.25) is 4.98 Å². The van der Waals surface area contributed by atoms with E-state index in [1.807, 2.05) is 24.3 Å². The Hall–Kier alpha value is -1.55. The summed E-state index contributed by atoms with van der Waals surface area (Å²) in [5.74, 6) is 0.609. The van der Waals surface area contributed by atoms with E-state index in [2.05, 4.69) is 4.98 Å². The van der Waals surface area contributed by atoms with Crippen molar-refractivity contribution in [2.75, 3.05) is 0 Å². The summed E-state index contributed by atoms with van der Waals surface area (Å²) in [5, 5.41) is 1.87. The molecule has 0 aliphatic rings. The molecule has 0 bridgehead atoms. The number of furan rings is 1. The lowest BCUT2D eigenvalue weighted by Crippen LogP contribution is -2.12. The predicted molar refractivity (Wildman–Crippen MR) is 76.5 cm³/mol. The number of aromatic nitrogens is 1. The van der Waals surface area contributed by atoms with E-state index in [1.165, 1.54) is 0 Å². The molecule has 2 heterocycles. The molecule has 1 unspecified atom stereocenters. The molecular weight excluding hydrogens is 283 g/mol. The summed E-state index contributed by atoms with van der Waals surface area (Å²) in [6.07, 6.45) is 1.70. The van der Waals surface area contributed by atoms with E-state index in [4.69, 9.17) is 33.4 Å². The van der Waals surface area contributed by atoms with Crippen molar-refractivity contribution in [1.82, 2.24) is 4.98 Å². The van der Waals surface area contributed by atoms with Gasteiger partial charge in [-0.2, -0.15) is 0 Å². The van der Waals surface area contributed by atoms with Crippen molar-refractivity contribution in [3.05, 3.63) is 64.1 Å². The summed E-state index contributed by atoms with van der Waals surface area (Å²) in [5.41, 5.74) is 7.47. The van der Waals surface area contributed by atoms with Crippen LogP contribution in [0, 0.1) is 0 Å². The molecule has 3 rings (SSSR count). The average Bonchev–Trinajstić information content (AvgIpc) is 2.83. The molecule has 0 spiro atoms. The maximum atomic E-state index is 6.14. The van der Waals surface area contributed by atoms with Crippen LogP contribution in [0.1, 0.15) is 17.5 Å². The zero-order chi connectivity index (χ0) is 13.4. The first-order chi connectivity index (χ1) is 9.15. The molecule has 0 aliphatic heterocycles. The number of nitrogens with two attached hydrogens (primary N) is 1. The van der Waals surface area contributed by atoms with E-state index < -0.39 is 6.04 Å². The lowest BCUT2D eigenvalue weighted by Gasteiger charge is -2.06. The molecule has 96 valence electrons. The van der Waals surface area contributed by atoms with E-state index in [0.717, 1.165) is 11.1 Å². The molecule has 2 aromatic heterocycles. The Kier molecular flexibility index (Phi) is 3.19. The van der Waals surface area contributed by atoms with E-state index in [-0.39, 0.29) is 0 Å². The Morgan fingerprint density at radius 2 is 2.00 bits per heavy atom. The number of rotatable bonds is 2.